The number of benzene rings is 1. The van der Waals surface area contributed by atoms with Crippen LogP contribution in [0.1, 0.15) is 36.2 Å². The molecule has 0 radical (unpaired) electrons. The Morgan fingerprint density at radius 2 is 1.77 bits per heavy atom. The maximum atomic E-state index is 12.8. The van der Waals surface area contributed by atoms with Gasteiger partial charge < -0.3 is 20.5 Å². The van der Waals surface area contributed by atoms with Crippen molar-refractivity contribution in [1.82, 2.24) is 14.8 Å². The predicted molar refractivity (Wildman–Crippen MR) is 101 cm³/mol. The minimum atomic E-state index is 0.00740. The van der Waals surface area contributed by atoms with Crippen LogP contribution in [0, 0.1) is 5.92 Å². The van der Waals surface area contributed by atoms with E-state index >= 15 is 0 Å². The van der Waals surface area contributed by atoms with Crippen molar-refractivity contribution in [3.8, 4) is 0 Å². The number of carbonyl (C=O) groups is 2. The Morgan fingerprint density at radius 1 is 1.04 bits per heavy atom. The van der Waals surface area contributed by atoms with E-state index < -0.39 is 0 Å². The summed E-state index contributed by atoms with van der Waals surface area (Å²) in [4.78, 5) is 32.4. The van der Waals surface area contributed by atoms with Gasteiger partial charge in [0.05, 0.1) is 0 Å². The number of amides is 2. The first kappa shape index (κ1) is 17.1. The van der Waals surface area contributed by atoms with Crippen molar-refractivity contribution >= 4 is 22.7 Å². The van der Waals surface area contributed by atoms with Crippen LogP contribution < -0.4 is 5.73 Å². The van der Waals surface area contributed by atoms with E-state index in [-0.39, 0.29) is 23.8 Å². The van der Waals surface area contributed by atoms with E-state index in [4.69, 9.17) is 5.73 Å². The van der Waals surface area contributed by atoms with Crippen molar-refractivity contribution in [2.24, 2.45) is 11.7 Å². The molecule has 2 aromatic rings. The lowest BCUT2D eigenvalue weighted by Crippen LogP contribution is -2.52. The first-order chi connectivity index (χ1) is 12.6. The molecule has 2 atom stereocenters. The second-order valence-corrected chi connectivity index (χ2v) is 7.51. The maximum absolute atomic E-state index is 12.8. The molecule has 2 unspecified atom stereocenters. The van der Waals surface area contributed by atoms with Crippen molar-refractivity contribution in [1.29, 1.82) is 0 Å². The molecule has 138 valence electrons. The van der Waals surface area contributed by atoms with Gasteiger partial charge in [0.25, 0.3) is 5.91 Å². The molecule has 0 bridgehead atoms. The number of aromatic amines is 1. The topological polar surface area (TPSA) is 82.4 Å². The van der Waals surface area contributed by atoms with E-state index in [1.807, 2.05) is 40.1 Å². The van der Waals surface area contributed by atoms with E-state index in [2.05, 4.69) is 4.98 Å². The zero-order valence-corrected chi connectivity index (χ0v) is 15.0. The quantitative estimate of drug-likeness (QED) is 0.865. The Labute approximate surface area is 153 Å². The molecule has 2 fully saturated rings. The van der Waals surface area contributed by atoms with E-state index in [1.54, 1.807) is 0 Å². The Balaban J connectivity index is 1.37. The standard InChI is InChI=1S/C20H26N4O2/c21-16-6-3-5-15(12-16)19(25)23-8-10-24(11-9-23)20(26)18-13-14-4-1-2-7-17(14)22-18/h1-2,4,7,13,15-16,22H,3,5-6,8-12,21H2. The van der Waals surface area contributed by atoms with Crippen LogP contribution in [0.3, 0.4) is 0 Å². The summed E-state index contributed by atoms with van der Waals surface area (Å²) in [5, 5.41) is 1.04. The number of carbonyl (C=O) groups excluding carboxylic acids is 2. The van der Waals surface area contributed by atoms with E-state index in [0.717, 1.165) is 36.6 Å². The highest BCUT2D eigenvalue weighted by molar-refractivity contribution is 5.98. The third kappa shape index (κ3) is 3.33. The number of para-hydroxylation sites is 1. The predicted octanol–water partition coefficient (Wildman–Crippen LogP) is 1.97. The third-order valence-corrected chi connectivity index (χ3v) is 5.70. The van der Waals surface area contributed by atoms with Crippen molar-refractivity contribution in [3.05, 3.63) is 36.0 Å². The molecule has 1 aliphatic carbocycles. The summed E-state index contributed by atoms with van der Waals surface area (Å²) in [6.45, 7) is 2.38. The van der Waals surface area contributed by atoms with Gasteiger partial charge in [0, 0.05) is 49.0 Å². The third-order valence-electron chi connectivity index (χ3n) is 5.70. The summed E-state index contributed by atoms with van der Waals surface area (Å²) in [6.07, 6.45) is 3.81. The monoisotopic (exact) mass is 354 g/mol. The summed E-state index contributed by atoms with van der Waals surface area (Å²) in [6, 6.07) is 9.94. The molecule has 6 nitrogen and oxygen atoms in total. The van der Waals surface area contributed by atoms with Crippen LogP contribution in [-0.2, 0) is 4.79 Å². The molecule has 26 heavy (non-hydrogen) atoms. The van der Waals surface area contributed by atoms with Crippen LogP contribution in [0.4, 0.5) is 0 Å². The molecule has 1 aromatic carbocycles. The average molecular weight is 354 g/mol. The van der Waals surface area contributed by atoms with Gasteiger partial charge in [-0.15, -0.1) is 0 Å². The van der Waals surface area contributed by atoms with Crippen LogP contribution in [0.5, 0.6) is 0 Å². The lowest BCUT2D eigenvalue weighted by Gasteiger charge is -2.37. The fourth-order valence-electron chi connectivity index (χ4n) is 4.20. The van der Waals surface area contributed by atoms with Crippen molar-refractivity contribution in [2.75, 3.05) is 26.2 Å². The number of nitrogens with two attached hydrogens (primary N) is 1. The number of hydrogen-bond donors (Lipinski definition) is 2. The Kier molecular flexibility index (Phi) is 4.68. The highest BCUT2D eigenvalue weighted by atomic mass is 16.2. The molecule has 1 saturated carbocycles. The van der Waals surface area contributed by atoms with Gasteiger partial charge in [0.1, 0.15) is 5.69 Å². The first-order valence-corrected chi connectivity index (χ1v) is 9.53. The largest absolute Gasteiger partial charge is 0.351 e. The van der Waals surface area contributed by atoms with Crippen molar-refractivity contribution in [3.63, 3.8) is 0 Å². The number of piperazine rings is 1. The molecule has 1 aliphatic heterocycles. The zero-order valence-electron chi connectivity index (χ0n) is 15.0. The number of nitrogens with zero attached hydrogens (tertiary/aromatic N) is 2. The van der Waals surface area contributed by atoms with Crippen molar-refractivity contribution < 1.29 is 9.59 Å². The number of nitrogens with one attached hydrogen (secondary N) is 1. The molecule has 2 aliphatic rings. The fraction of sp³-hybridized carbons (Fsp3) is 0.500. The molecule has 1 saturated heterocycles. The maximum Gasteiger partial charge on any atom is 0.270 e. The van der Waals surface area contributed by atoms with E-state index in [9.17, 15) is 9.59 Å². The lowest BCUT2D eigenvalue weighted by atomic mass is 9.85. The first-order valence-electron chi connectivity index (χ1n) is 9.53. The molecule has 2 amide bonds. The van der Waals surface area contributed by atoms with Crippen molar-refractivity contribution in [2.45, 2.75) is 31.7 Å². The van der Waals surface area contributed by atoms with Gasteiger partial charge >= 0.3 is 0 Å². The van der Waals surface area contributed by atoms with Crippen LogP contribution in [0.2, 0.25) is 0 Å². The number of aromatic nitrogens is 1. The number of H-pyrrole nitrogens is 1. The number of hydrogen-bond acceptors (Lipinski definition) is 3. The average Bonchev–Trinajstić information content (AvgIpc) is 3.11. The molecule has 1 aromatic heterocycles. The van der Waals surface area contributed by atoms with Gasteiger partial charge in [-0.2, -0.15) is 0 Å². The van der Waals surface area contributed by atoms with Gasteiger partial charge in [-0.1, -0.05) is 24.6 Å². The zero-order chi connectivity index (χ0) is 18.1. The number of rotatable bonds is 2. The second kappa shape index (κ2) is 7.11. The Morgan fingerprint density at radius 3 is 2.50 bits per heavy atom. The summed E-state index contributed by atoms with van der Waals surface area (Å²) in [5.74, 6) is 0.292. The fourth-order valence-corrected chi connectivity index (χ4v) is 4.20. The molecule has 4 rings (SSSR count). The SMILES string of the molecule is NC1CCCC(C(=O)N2CCN(C(=O)c3cc4ccccc4[nH]3)CC2)C1. The number of fused-ring (bicyclic) bond motifs is 1. The minimum absolute atomic E-state index is 0.00740. The molecule has 2 heterocycles. The summed E-state index contributed by atoms with van der Waals surface area (Å²) in [5.41, 5.74) is 7.61. The van der Waals surface area contributed by atoms with E-state index in [1.165, 1.54) is 0 Å². The molecular weight excluding hydrogens is 328 g/mol. The highest BCUT2D eigenvalue weighted by Crippen LogP contribution is 2.25. The summed E-state index contributed by atoms with van der Waals surface area (Å²) in [7, 11) is 0. The molecule has 6 heteroatoms. The van der Waals surface area contributed by atoms with Gasteiger partial charge in [0.2, 0.25) is 5.91 Å². The van der Waals surface area contributed by atoms with Gasteiger partial charge in [-0.05, 0) is 31.4 Å². The van der Waals surface area contributed by atoms with Crippen LogP contribution in [0.25, 0.3) is 10.9 Å². The molecule has 3 N–H and O–H groups in total. The van der Waals surface area contributed by atoms with Gasteiger partial charge in [0.15, 0.2) is 0 Å². The normalized spacial score (nSPS) is 24.0. The molecular formula is C20H26N4O2. The summed E-state index contributed by atoms with van der Waals surface area (Å²) < 4.78 is 0. The van der Waals surface area contributed by atoms with Gasteiger partial charge in [-0.3, -0.25) is 9.59 Å². The minimum Gasteiger partial charge on any atom is -0.351 e. The van der Waals surface area contributed by atoms with Crippen LogP contribution in [0.15, 0.2) is 30.3 Å². The Hall–Kier alpha value is -2.34. The summed E-state index contributed by atoms with van der Waals surface area (Å²) >= 11 is 0. The molecule has 0 spiro atoms. The Bertz CT molecular complexity index is 774. The van der Waals surface area contributed by atoms with Gasteiger partial charge in [-0.25, -0.2) is 0 Å². The smallest absolute Gasteiger partial charge is 0.270 e. The van der Waals surface area contributed by atoms with Crippen LogP contribution in [-0.4, -0.2) is 58.8 Å². The van der Waals surface area contributed by atoms with E-state index in [0.29, 0.717) is 31.9 Å². The van der Waals surface area contributed by atoms with Crippen LogP contribution >= 0.6 is 0 Å². The lowest BCUT2D eigenvalue weighted by molar-refractivity contribution is -0.138. The second-order valence-electron chi connectivity index (χ2n) is 7.51. The highest BCUT2D eigenvalue weighted by Gasteiger charge is 2.32.